The summed E-state index contributed by atoms with van der Waals surface area (Å²) in [7, 11) is 1.52. The summed E-state index contributed by atoms with van der Waals surface area (Å²) in [5.74, 6) is 0.536. The normalized spacial score (nSPS) is 11.1. The minimum Gasteiger partial charge on any atom is -0.496 e. The number of hydrogen-bond acceptors (Lipinski definition) is 4. The maximum Gasteiger partial charge on any atom is 0.325 e. The summed E-state index contributed by atoms with van der Waals surface area (Å²) in [4.78, 5) is 28.1. The lowest BCUT2D eigenvalue weighted by Gasteiger charge is -2.13. The summed E-state index contributed by atoms with van der Waals surface area (Å²) in [6.45, 7) is -0.567. The molecule has 0 aliphatic carbocycles. The van der Waals surface area contributed by atoms with Gasteiger partial charge in [-0.15, -0.1) is 0 Å². The highest BCUT2D eigenvalue weighted by Crippen LogP contribution is 2.31. The summed E-state index contributed by atoms with van der Waals surface area (Å²) >= 11 is 0. The number of H-pyrrole nitrogens is 2. The Hall–Kier alpha value is -3.61. The summed E-state index contributed by atoms with van der Waals surface area (Å²) in [6.07, 6.45) is 5.18. The number of hydrogen-bond donors (Lipinski definition) is 3. The fourth-order valence-electron chi connectivity index (χ4n) is 2.95. The average Bonchev–Trinajstić information content (AvgIpc) is 2.67. The van der Waals surface area contributed by atoms with E-state index >= 15 is 0 Å². The van der Waals surface area contributed by atoms with Crippen LogP contribution in [0.1, 0.15) is 16.7 Å². The van der Waals surface area contributed by atoms with Gasteiger partial charge in [-0.05, 0) is 41.0 Å². The van der Waals surface area contributed by atoms with Crippen LogP contribution in [0.3, 0.4) is 0 Å². The van der Waals surface area contributed by atoms with E-state index in [1.54, 1.807) is 24.3 Å². The van der Waals surface area contributed by atoms with Gasteiger partial charge in [-0.1, -0.05) is 24.3 Å². The molecule has 144 valence electrons. The predicted molar refractivity (Wildman–Crippen MR) is 109 cm³/mol. The molecule has 0 spiro atoms. The van der Waals surface area contributed by atoms with Crippen LogP contribution in [0.2, 0.25) is 0 Å². The van der Waals surface area contributed by atoms with E-state index in [0.29, 0.717) is 28.1 Å². The van der Waals surface area contributed by atoms with Gasteiger partial charge in [0.1, 0.15) is 5.75 Å². The van der Waals surface area contributed by atoms with Crippen LogP contribution >= 0.6 is 0 Å². The van der Waals surface area contributed by atoms with Gasteiger partial charge < -0.3 is 15.5 Å². The second-order valence-electron chi connectivity index (χ2n) is 6.18. The third-order valence-corrected chi connectivity index (χ3v) is 4.28. The summed E-state index contributed by atoms with van der Waals surface area (Å²) < 4.78 is 18.6. The molecule has 0 aliphatic rings. The van der Waals surface area contributed by atoms with E-state index in [1.165, 1.54) is 13.3 Å². The number of aromatic amines is 2. The first-order chi connectivity index (χ1) is 13.5. The first-order valence-corrected chi connectivity index (χ1v) is 8.64. The Labute approximate surface area is 160 Å². The lowest BCUT2D eigenvalue weighted by molar-refractivity contribution is 0.404. The Morgan fingerprint density at radius 1 is 1.14 bits per heavy atom. The van der Waals surface area contributed by atoms with Crippen LogP contribution in [0, 0.1) is 0 Å². The lowest BCUT2D eigenvalue weighted by Crippen LogP contribution is -2.22. The van der Waals surface area contributed by atoms with Crippen molar-refractivity contribution in [3.63, 3.8) is 0 Å². The molecule has 3 rings (SSSR count). The fourth-order valence-corrected chi connectivity index (χ4v) is 2.95. The van der Waals surface area contributed by atoms with Gasteiger partial charge in [0.05, 0.1) is 19.3 Å². The molecule has 1 aromatic heterocycles. The number of benzene rings is 2. The Balaban J connectivity index is 2.13. The number of rotatable bonds is 6. The molecule has 2 aromatic carbocycles. The van der Waals surface area contributed by atoms with Crippen molar-refractivity contribution in [2.24, 2.45) is 0 Å². The van der Waals surface area contributed by atoms with E-state index in [0.717, 1.165) is 5.56 Å². The molecule has 0 radical (unpaired) electrons. The molecule has 0 saturated heterocycles. The van der Waals surface area contributed by atoms with Crippen molar-refractivity contribution >= 4 is 17.8 Å². The summed E-state index contributed by atoms with van der Waals surface area (Å²) in [5.41, 5.74) is 8.34. The van der Waals surface area contributed by atoms with Crippen molar-refractivity contribution in [3.8, 4) is 16.9 Å². The van der Waals surface area contributed by atoms with Crippen LogP contribution in [0.4, 0.5) is 10.1 Å². The second-order valence-corrected chi connectivity index (χ2v) is 6.18. The SMILES string of the molecule is COc1c(/C=C/c2ccc(N)cc2)cc(-c2c[nH]c(=O)[nH]c2=O)cc1CCF. The monoisotopic (exact) mass is 381 g/mol. The Kier molecular flexibility index (Phi) is 5.74. The van der Waals surface area contributed by atoms with Gasteiger partial charge in [0.2, 0.25) is 0 Å². The van der Waals surface area contributed by atoms with Crippen molar-refractivity contribution in [3.05, 3.63) is 80.1 Å². The molecule has 0 amide bonds. The number of aromatic nitrogens is 2. The number of nitrogens with one attached hydrogen (secondary N) is 2. The molecule has 1 heterocycles. The van der Waals surface area contributed by atoms with Crippen molar-refractivity contribution in [1.82, 2.24) is 9.97 Å². The van der Waals surface area contributed by atoms with Gasteiger partial charge >= 0.3 is 5.69 Å². The van der Waals surface area contributed by atoms with E-state index in [1.807, 2.05) is 24.3 Å². The van der Waals surface area contributed by atoms with E-state index in [-0.39, 0.29) is 12.0 Å². The molecule has 6 nitrogen and oxygen atoms in total. The van der Waals surface area contributed by atoms with E-state index < -0.39 is 17.9 Å². The number of aryl methyl sites for hydroxylation is 1. The molecule has 0 bridgehead atoms. The number of alkyl halides is 1. The van der Waals surface area contributed by atoms with Crippen molar-refractivity contribution in [2.45, 2.75) is 6.42 Å². The average molecular weight is 381 g/mol. The van der Waals surface area contributed by atoms with Crippen LogP contribution in [-0.4, -0.2) is 23.8 Å². The second kappa shape index (κ2) is 8.39. The smallest absolute Gasteiger partial charge is 0.325 e. The van der Waals surface area contributed by atoms with Gasteiger partial charge in [0, 0.05) is 23.9 Å². The quantitative estimate of drug-likeness (QED) is 0.451. The number of ether oxygens (including phenoxy) is 1. The maximum absolute atomic E-state index is 13.1. The third-order valence-electron chi connectivity index (χ3n) is 4.28. The standard InChI is InChI=1S/C21H20FN3O3/c1-28-19-14(5-2-13-3-6-17(23)7-4-13)10-16(11-15(19)8-9-22)18-12-24-21(27)25-20(18)26/h2-7,10-12H,8-9,23H2,1H3,(H2,24,25,26,27)/b5-2+. The molecular weight excluding hydrogens is 361 g/mol. The minimum absolute atomic E-state index is 0.140. The van der Waals surface area contributed by atoms with Gasteiger partial charge in [0.25, 0.3) is 5.56 Å². The molecule has 7 heteroatoms. The molecular formula is C21H20FN3O3. The third kappa shape index (κ3) is 4.20. The Bertz CT molecular complexity index is 1110. The van der Waals surface area contributed by atoms with Crippen LogP contribution in [0.25, 0.3) is 23.3 Å². The molecule has 3 aromatic rings. The lowest BCUT2D eigenvalue weighted by atomic mass is 9.98. The molecule has 0 aliphatic heterocycles. The summed E-state index contributed by atoms with van der Waals surface area (Å²) in [5, 5.41) is 0. The van der Waals surface area contributed by atoms with Crippen molar-refractivity contribution in [1.29, 1.82) is 0 Å². The van der Waals surface area contributed by atoms with Gasteiger partial charge in [-0.2, -0.15) is 0 Å². The van der Waals surface area contributed by atoms with Gasteiger partial charge in [0.15, 0.2) is 0 Å². The van der Waals surface area contributed by atoms with E-state index in [4.69, 9.17) is 10.5 Å². The predicted octanol–water partition coefficient (Wildman–Crippen LogP) is 3.00. The number of nitrogen functional groups attached to an aromatic ring is 1. The molecule has 4 N–H and O–H groups in total. The number of anilines is 1. The zero-order valence-electron chi connectivity index (χ0n) is 15.3. The summed E-state index contributed by atoms with van der Waals surface area (Å²) in [6, 6.07) is 10.8. The number of nitrogens with two attached hydrogens (primary N) is 1. The maximum atomic E-state index is 13.1. The molecule has 0 atom stereocenters. The zero-order valence-corrected chi connectivity index (χ0v) is 15.3. The fraction of sp³-hybridized carbons (Fsp3) is 0.143. The molecule has 0 unspecified atom stereocenters. The van der Waals surface area contributed by atoms with Crippen molar-refractivity contribution < 1.29 is 9.13 Å². The number of methoxy groups -OCH3 is 1. The van der Waals surface area contributed by atoms with Crippen LogP contribution in [0.5, 0.6) is 5.75 Å². The van der Waals surface area contributed by atoms with Gasteiger partial charge in [-0.25, -0.2) is 4.79 Å². The van der Waals surface area contributed by atoms with E-state index in [2.05, 4.69) is 9.97 Å². The Morgan fingerprint density at radius 2 is 1.89 bits per heavy atom. The molecule has 0 fully saturated rings. The van der Waals surface area contributed by atoms with Crippen LogP contribution < -0.4 is 21.7 Å². The first kappa shape index (κ1) is 19.2. The first-order valence-electron chi connectivity index (χ1n) is 8.64. The highest BCUT2D eigenvalue weighted by Gasteiger charge is 2.13. The minimum atomic E-state index is -0.588. The highest BCUT2D eigenvalue weighted by atomic mass is 19.1. The zero-order chi connectivity index (χ0) is 20.1. The van der Waals surface area contributed by atoms with Crippen LogP contribution in [-0.2, 0) is 6.42 Å². The Morgan fingerprint density at radius 3 is 2.54 bits per heavy atom. The number of halogens is 1. The molecule has 28 heavy (non-hydrogen) atoms. The van der Waals surface area contributed by atoms with Crippen molar-refractivity contribution in [2.75, 3.05) is 19.5 Å². The topological polar surface area (TPSA) is 101 Å². The van der Waals surface area contributed by atoms with E-state index in [9.17, 15) is 14.0 Å². The van der Waals surface area contributed by atoms with Crippen LogP contribution in [0.15, 0.2) is 52.2 Å². The molecule has 0 saturated carbocycles. The highest BCUT2D eigenvalue weighted by molar-refractivity contribution is 5.78. The van der Waals surface area contributed by atoms with Gasteiger partial charge in [-0.3, -0.25) is 14.2 Å². The largest absolute Gasteiger partial charge is 0.496 e.